The van der Waals surface area contributed by atoms with E-state index in [-0.39, 0.29) is 43.5 Å². The van der Waals surface area contributed by atoms with Crippen LogP contribution >= 0.6 is 11.3 Å². The van der Waals surface area contributed by atoms with Crippen molar-refractivity contribution in [3.8, 4) is 11.3 Å². The molecule has 0 amide bonds. The smallest absolute Gasteiger partial charge is 0.235 e. The molecule has 4 heterocycles. The molecular weight excluding hydrogens is 811 g/mol. The number of aryl methyl sites for hydroxylation is 2. The van der Waals surface area contributed by atoms with Gasteiger partial charge in [0.1, 0.15) is 22.2 Å². The number of rotatable bonds is 9. The molecule has 0 aliphatic rings. The molecule has 0 spiro atoms. The minimum atomic E-state index is -1.61. The predicted molar refractivity (Wildman–Crippen MR) is 200 cm³/mol. The van der Waals surface area contributed by atoms with Crippen molar-refractivity contribution in [1.82, 2.24) is 24.3 Å². The molecule has 0 saturated heterocycles. The summed E-state index contributed by atoms with van der Waals surface area (Å²) in [4.78, 5) is 31.2. The number of nitrogens with zero attached hydrogens (tertiary/aromatic N) is 5. The van der Waals surface area contributed by atoms with Crippen molar-refractivity contribution in [3.63, 3.8) is 0 Å². The summed E-state index contributed by atoms with van der Waals surface area (Å²) in [5, 5.41) is 13.7. The fourth-order valence-corrected chi connectivity index (χ4v) is 8.89. The number of aromatic nitrogens is 5. The molecule has 0 aliphatic heterocycles. The fraction of sp³-hybridized carbons (Fsp3) is 0.395. The van der Waals surface area contributed by atoms with E-state index in [2.05, 4.69) is 67.7 Å². The molecule has 4 aromatic heterocycles. The van der Waals surface area contributed by atoms with E-state index in [0.717, 1.165) is 62.9 Å². The summed E-state index contributed by atoms with van der Waals surface area (Å²) < 4.78 is 3.07. The first kappa shape index (κ1) is 37.5. The zero-order valence-corrected chi connectivity index (χ0v) is 33.6. The van der Waals surface area contributed by atoms with Crippen molar-refractivity contribution in [2.24, 2.45) is 11.8 Å². The normalized spacial score (nSPS) is 12.3. The van der Waals surface area contributed by atoms with Crippen LogP contribution in [0.5, 0.6) is 0 Å². The summed E-state index contributed by atoms with van der Waals surface area (Å²) in [5.74, 6) is 1.24. The van der Waals surface area contributed by atoms with Crippen molar-refractivity contribution < 1.29 is 30.0 Å². The van der Waals surface area contributed by atoms with Gasteiger partial charge >= 0.3 is 0 Å². The second kappa shape index (κ2) is 15.5. The topological polar surface area (TPSA) is 93.3 Å². The van der Waals surface area contributed by atoms with Crippen molar-refractivity contribution in [2.75, 3.05) is 0 Å². The first-order valence-corrected chi connectivity index (χ1v) is 21.0. The standard InChI is InChI=1S/C25H22N5SSi.C13H24O2.Ir/c1-14-9-16-11-17(12-19(32(3,4)5)18(16)10-15(14)2)20-23-21(28-13-27-20)22-24(31-23)30-8-6-7-26-25(30)29-22;1-5-10(6-2)12(14)9-13(15)11(7-3)8-4;/h6-10,12-13H,1-5H3;9-11,14H,5-8H2,1-4H3;/q-1;;/b;12-9-;. The molecule has 10 heteroatoms. The Morgan fingerprint density at radius 1 is 0.958 bits per heavy atom. The van der Waals surface area contributed by atoms with Crippen LogP contribution in [-0.4, -0.2) is 43.3 Å². The van der Waals surface area contributed by atoms with Crippen molar-refractivity contribution in [3.05, 3.63) is 72.0 Å². The Balaban J connectivity index is 0.000000279. The minimum Gasteiger partial charge on any atom is -0.512 e. The first-order chi connectivity index (χ1) is 22.4. The Kier molecular flexibility index (Phi) is 12.1. The van der Waals surface area contributed by atoms with Gasteiger partial charge in [0.05, 0.1) is 13.8 Å². The van der Waals surface area contributed by atoms with Gasteiger partial charge in [-0.2, -0.15) is 0 Å². The van der Waals surface area contributed by atoms with Gasteiger partial charge in [-0.15, -0.1) is 40.1 Å². The third-order valence-corrected chi connectivity index (χ3v) is 12.4. The van der Waals surface area contributed by atoms with E-state index in [1.807, 2.05) is 44.4 Å². The third kappa shape index (κ3) is 7.47. The van der Waals surface area contributed by atoms with Gasteiger partial charge in [0.25, 0.3) is 0 Å². The van der Waals surface area contributed by atoms with E-state index in [0.29, 0.717) is 5.78 Å². The van der Waals surface area contributed by atoms with E-state index >= 15 is 0 Å². The van der Waals surface area contributed by atoms with Gasteiger partial charge in [-0.3, -0.25) is 14.2 Å². The predicted octanol–water partition coefficient (Wildman–Crippen LogP) is 9.54. The third-order valence-electron chi connectivity index (χ3n) is 9.21. The number of benzene rings is 2. The summed E-state index contributed by atoms with van der Waals surface area (Å²) in [7, 11) is -1.61. The number of carbonyl (C=O) groups is 1. The summed E-state index contributed by atoms with van der Waals surface area (Å²) >= 11 is 1.67. The van der Waals surface area contributed by atoms with Gasteiger partial charge in [-0.25, -0.2) is 15.0 Å². The number of ketones is 1. The van der Waals surface area contributed by atoms with Gasteiger partial charge in [0.15, 0.2) is 5.78 Å². The van der Waals surface area contributed by atoms with Crippen LogP contribution in [-0.2, 0) is 24.9 Å². The van der Waals surface area contributed by atoms with Crippen LogP contribution in [0, 0.1) is 31.7 Å². The minimum absolute atomic E-state index is 0. The number of thiophene rings is 1. The zero-order chi connectivity index (χ0) is 34.0. The summed E-state index contributed by atoms with van der Waals surface area (Å²) in [6.07, 6.45) is 10.3. The second-order valence-corrected chi connectivity index (χ2v) is 19.4. The quantitative estimate of drug-likeness (QED) is 0.0675. The number of aliphatic hydroxyl groups excluding tert-OH is 1. The van der Waals surface area contributed by atoms with Gasteiger partial charge in [-0.05, 0) is 45.6 Å². The molecular formula is C38H46IrN5O2SSi-. The Bertz CT molecular complexity index is 2110. The van der Waals surface area contributed by atoms with E-state index in [1.165, 1.54) is 27.8 Å². The average molecular weight is 857 g/mol. The van der Waals surface area contributed by atoms with Crippen LogP contribution < -0.4 is 5.19 Å². The van der Waals surface area contributed by atoms with E-state index in [4.69, 9.17) is 9.97 Å². The molecule has 1 N–H and O–H groups in total. The Labute approximate surface area is 302 Å². The SMILES string of the molecule is CCC(CC)C(=O)/C=C(\O)C(CC)CC.Cc1cc2[c-]c(-c3ncnc4c3sc3c4nc4ncccn43)cc([Si](C)(C)C)c2cc1C.[Ir]. The molecule has 255 valence electrons. The number of hydrogen-bond acceptors (Lipinski definition) is 7. The van der Waals surface area contributed by atoms with Crippen molar-refractivity contribution in [2.45, 2.75) is 86.9 Å². The van der Waals surface area contributed by atoms with Gasteiger partial charge in [-0.1, -0.05) is 75.5 Å². The van der Waals surface area contributed by atoms with E-state index < -0.39 is 8.07 Å². The number of allylic oxidation sites excluding steroid dienone is 2. The average Bonchev–Trinajstić information content (AvgIpc) is 3.59. The number of imidazole rings is 1. The molecule has 6 aromatic rings. The Morgan fingerprint density at radius 3 is 2.27 bits per heavy atom. The number of hydrogen-bond donors (Lipinski definition) is 1. The molecule has 0 bridgehead atoms. The van der Waals surface area contributed by atoms with Crippen molar-refractivity contribution in [1.29, 1.82) is 0 Å². The van der Waals surface area contributed by atoms with Gasteiger partial charge < -0.3 is 5.11 Å². The molecule has 0 atom stereocenters. The van der Waals surface area contributed by atoms with Crippen LogP contribution in [0.2, 0.25) is 19.6 Å². The fourth-order valence-electron chi connectivity index (χ4n) is 6.12. The maximum atomic E-state index is 11.7. The largest absolute Gasteiger partial charge is 0.512 e. The molecule has 0 unspecified atom stereocenters. The van der Waals surface area contributed by atoms with Crippen LogP contribution in [0.3, 0.4) is 0 Å². The number of aliphatic hydroxyl groups is 1. The maximum Gasteiger partial charge on any atom is 0.235 e. The molecule has 0 saturated carbocycles. The Hall–Kier alpha value is -3.30. The van der Waals surface area contributed by atoms with Gasteiger partial charge in [0, 0.05) is 60.8 Å². The van der Waals surface area contributed by atoms with Crippen LogP contribution in [0.25, 0.3) is 48.4 Å². The molecule has 1 radical (unpaired) electrons. The Morgan fingerprint density at radius 2 is 1.62 bits per heavy atom. The molecule has 2 aromatic carbocycles. The van der Waals surface area contributed by atoms with Gasteiger partial charge in [0.2, 0.25) is 5.78 Å². The maximum absolute atomic E-state index is 11.7. The van der Waals surface area contributed by atoms with E-state index in [1.54, 1.807) is 23.9 Å². The van der Waals surface area contributed by atoms with Crippen LogP contribution in [0.1, 0.15) is 64.5 Å². The molecule has 0 aliphatic carbocycles. The number of carbonyl (C=O) groups excluding carboxylic acids is 1. The van der Waals surface area contributed by atoms with Crippen LogP contribution in [0.15, 0.2) is 54.8 Å². The molecule has 0 fully saturated rings. The van der Waals surface area contributed by atoms with Crippen molar-refractivity contribution >= 4 is 67.5 Å². The summed E-state index contributed by atoms with van der Waals surface area (Å²) in [6, 6.07) is 12.5. The summed E-state index contributed by atoms with van der Waals surface area (Å²) in [6.45, 7) is 19.6. The molecule has 6 rings (SSSR count). The van der Waals surface area contributed by atoms with Crippen LogP contribution in [0.4, 0.5) is 0 Å². The zero-order valence-electron chi connectivity index (χ0n) is 29.4. The molecule has 48 heavy (non-hydrogen) atoms. The first-order valence-electron chi connectivity index (χ1n) is 16.7. The molecule has 7 nitrogen and oxygen atoms in total. The van der Waals surface area contributed by atoms with E-state index in [9.17, 15) is 9.90 Å². The summed E-state index contributed by atoms with van der Waals surface area (Å²) in [5.41, 5.74) is 6.32. The monoisotopic (exact) mass is 857 g/mol. The number of fused-ring (bicyclic) bond motifs is 6. The second-order valence-electron chi connectivity index (χ2n) is 13.4.